The van der Waals surface area contributed by atoms with Crippen LogP contribution in [0, 0.1) is 6.92 Å². The number of hydrogen-bond acceptors (Lipinski definition) is 3. The fourth-order valence-corrected chi connectivity index (χ4v) is 3.75. The van der Waals surface area contributed by atoms with Crippen molar-refractivity contribution in [3.05, 3.63) is 64.9 Å². The van der Waals surface area contributed by atoms with Gasteiger partial charge in [-0.1, -0.05) is 41.9 Å². The molecule has 0 spiro atoms. The number of nitrogens with one attached hydrogen (secondary N) is 1. The number of β-lactam (4-membered cyclic amide) rings is 1. The molecule has 1 saturated heterocycles. The van der Waals surface area contributed by atoms with E-state index in [0.29, 0.717) is 27.4 Å². The number of amides is 2. The second-order valence-corrected chi connectivity index (χ2v) is 6.85. The lowest BCUT2D eigenvalue weighted by Crippen LogP contribution is -2.63. The lowest BCUT2D eigenvalue weighted by molar-refractivity contribution is -0.149. The smallest absolute Gasteiger partial charge is 0.271 e. The number of halogens is 2. The fraction of sp³-hybridized carbons (Fsp3) is 0.167. The maximum Gasteiger partial charge on any atom is 0.346 e. The molecule has 2 aromatic carbocycles. The summed E-state index contributed by atoms with van der Waals surface area (Å²) in [6, 6.07) is 13.4. The second-order valence-electron chi connectivity index (χ2n) is 5.98. The first kappa shape index (κ1) is 16.9. The lowest BCUT2D eigenvalue weighted by atomic mass is 9.95. The van der Waals surface area contributed by atoms with Gasteiger partial charge in [0.1, 0.15) is 17.2 Å². The highest BCUT2D eigenvalue weighted by atomic mass is 35.5. The van der Waals surface area contributed by atoms with E-state index in [0.717, 1.165) is 0 Å². The molecule has 2 atom stereocenters. The number of imidazole rings is 1. The summed E-state index contributed by atoms with van der Waals surface area (Å²) in [7, 11) is 0. The van der Waals surface area contributed by atoms with Gasteiger partial charge in [-0.3, -0.25) is 4.79 Å². The largest absolute Gasteiger partial charge is 0.346 e. The molecule has 132 valence electrons. The standard InChI is InChI=1S/C18H14Cl2N4O2/c1-10-21-13-8-4-5-9-14(13)23(10)18(26)22-24-16(15(20)17(24)25)11-6-2-3-7-12(11)19/h2-9,15-16H,1H3,(H,22,26). The third-order valence-corrected chi connectivity index (χ3v) is 5.17. The third kappa shape index (κ3) is 2.53. The van der Waals surface area contributed by atoms with E-state index in [1.54, 1.807) is 37.3 Å². The number of rotatable bonds is 2. The van der Waals surface area contributed by atoms with Gasteiger partial charge in [0.2, 0.25) is 0 Å². The summed E-state index contributed by atoms with van der Waals surface area (Å²) in [5.41, 5.74) is 4.68. The van der Waals surface area contributed by atoms with Crippen molar-refractivity contribution in [2.45, 2.75) is 18.3 Å². The number of para-hydroxylation sites is 2. The van der Waals surface area contributed by atoms with E-state index in [4.69, 9.17) is 23.2 Å². The Bertz CT molecular complexity index is 1030. The predicted octanol–water partition coefficient (Wildman–Crippen LogP) is 3.66. The fourth-order valence-electron chi connectivity index (χ4n) is 3.15. The van der Waals surface area contributed by atoms with Crippen LogP contribution in [-0.2, 0) is 4.79 Å². The average molecular weight is 389 g/mol. The number of carbonyl (C=O) groups excluding carboxylic acids is 2. The predicted molar refractivity (Wildman–Crippen MR) is 99.1 cm³/mol. The van der Waals surface area contributed by atoms with E-state index < -0.39 is 17.5 Å². The van der Waals surface area contributed by atoms with Crippen molar-refractivity contribution >= 4 is 46.2 Å². The molecule has 0 saturated carbocycles. The zero-order valence-electron chi connectivity index (χ0n) is 13.7. The summed E-state index contributed by atoms with van der Waals surface area (Å²) in [6.07, 6.45) is 0. The molecular formula is C18H14Cl2N4O2. The zero-order chi connectivity index (χ0) is 18.4. The number of hydrazine groups is 1. The van der Waals surface area contributed by atoms with Crippen LogP contribution in [0.1, 0.15) is 17.4 Å². The third-order valence-electron chi connectivity index (χ3n) is 4.40. The van der Waals surface area contributed by atoms with Crippen LogP contribution in [-0.4, -0.2) is 31.9 Å². The summed E-state index contributed by atoms with van der Waals surface area (Å²) < 4.78 is 1.42. The Morgan fingerprint density at radius 2 is 1.85 bits per heavy atom. The van der Waals surface area contributed by atoms with E-state index in [1.807, 2.05) is 18.2 Å². The topological polar surface area (TPSA) is 67.2 Å². The van der Waals surface area contributed by atoms with E-state index in [1.165, 1.54) is 9.58 Å². The van der Waals surface area contributed by atoms with Crippen molar-refractivity contribution in [1.29, 1.82) is 0 Å². The van der Waals surface area contributed by atoms with Crippen molar-refractivity contribution in [3.63, 3.8) is 0 Å². The highest BCUT2D eigenvalue weighted by Crippen LogP contribution is 2.40. The molecule has 0 radical (unpaired) electrons. The van der Waals surface area contributed by atoms with Crippen LogP contribution in [0.2, 0.25) is 5.02 Å². The van der Waals surface area contributed by atoms with E-state index in [9.17, 15) is 9.59 Å². The summed E-state index contributed by atoms with van der Waals surface area (Å²) in [5, 5.41) is 0.921. The first-order valence-corrected chi connectivity index (χ1v) is 8.77. The quantitative estimate of drug-likeness (QED) is 0.537. The molecule has 6 nitrogen and oxygen atoms in total. The molecule has 0 aliphatic carbocycles. The molecule has 2 heterocycles. The molecule has 26 heavy (non-hydrogen) atoms. The van der Waals surface area contributed by atoms with Gasteiger partial charge >= 0.3 is 6.03 Å². The van der Waals surface area contributed by atoms with Crippen LogP contribution < -0.4 is 5.43 Å². The lowest BCUT2D eigenvalue weighted by Gasteiger charge is -2.44. The van der Waals surface area contributed by atoms with Gasteiger partial charge in [-0.2, -0.15) is 0 Å². The Morgan fingerprint density at radius 1 is 1.15 bits per heavy atom. The Balaban J connectivity index is 1.65. The minimum absolute atomic E-state index is 0.382. The van der Waals surface area contributed by atoms with Crippen LogP contribution >= 0.6 is 23.2 Å². The minimum atomic E-state index is -0.782. The van der Waals surface area contributed by atoms with Gasteiger partial charge in [0.15, 0.2) is 0 Å². The molecular weight excluding hydrogens is 375 g/mol. The summed E-state index contributed by atoms with van der Waals surface area (Å²) >= 11 is 12.4. The van der Waals surface area contributed by atoms with Crippen molar-refractivity contribution in [1.82, 2.24) is 20.0 Å². The van der Waals surface area contributed by atoms with Crippen LogP contribution in [0.4, 0.5) is 4.79 Å². The van der Waals surface area contributed by atoms with Crippen LogP contribution in [0.15, 0.2) is 48.5 Å². The van der Waals surface area contributed by atoms with Crippen LogP contribution in [0.5, 0.6) is 0 Å². The number of benzene rings is 2. The highest BCUT2D eigenvalue weighted by molar-refractivity contribution is 6.35. The van der Waals surface area contributed by atoms with Crippen molar-refractivity contribution in [2.24, 2.45) is 0 Å². The molecule has 1 fully saturated rings. The van der Waals surface area contributed by atoms with Gasteiger partial charge in [-0.05, 0) is 30.7 Å². The maximum atomic E-state index is 12.8. The Kier molecular flexibility index (Phi) is 4.09. The van der Waals surface area contributed by atoms with Gasteiger partial charge in [0, 0.05) is 5.02 Å². The van der Waals surface area contributed by atoms with Crippen molar-refractivity contribution in [2.75, 3.05) is 0 Å². The van der Waals surface area contributed by atoms with Gasteiger partial charge < -0.3 is 0 Å². The number of fused-ring (bicyclic) bond motifs is 1. The van der Waals surface area contributed by atoms with Gasteiger partial charge in [0.25, 0.3) is 5.91 Å². The SMILES string of the molecule is Cc1nc2ccccc2n1C(=O)NN1C(=O)C(Cl)C1c1ccccc1Cl. The average Bonchev–Trinajstić information content (AvgIpc) is 2.98. The summed E-state index contributed by atoms with van der Waals surface area (Å²) in [5.74, 6) is 0.139. The Morgan fingerprint density at radius 3 is 2.62 bits per heavy atom. The van der Waals surface area contributed by atoms with Crippen LogP contribution in [0.25, 0.3) is 11.0 Å². The number of aryl methyl sites for hydroxylation is 1. The minimum Gasteiger partial charge on any atom is -0.271 e. The van der Waals surface area contributed by atoms with Gasteiger partial charge in [0.05, 0.1) is 11.0 Å². The van der Waals surface area contributed by atoms with E-state index >= 15 is 0 Å². The molecule has 1 N–H and O–H groups in total. The number of nitrogens with zero attached hydrogens (tertiary/aromatic N) is 3. The molecule has 1 aliphatic heterocycles. The first-order chi connectivity index (χ1) is 12.5. The number of carbonyl (C=O) groups is 2. The second kappa shape index (κ2) is 6.30. The van der Waals surface area contributed by atoms with Gasteiger partial charge in [-0.25, -0.2) is 24.8 Å². The Hall–Kier alpha value is -2.57. The molecule has 2 amide bonds. The van der Waals surface area contributed by atoms with Crippen molar-refractivity contribution < 1.29 is 9.59 Å². The number of hydrogen-bond donors (Lipinski definition) is 1. The monoisotopic (exact) mass is 388 g/mol. The first-order valence-electron chi connectivity index (χ1n) is 7.95. The zero-order valence-corrected chi connectivity index (χ0v) is 15.2. The molecule has 1 aromatic heterocycles. The summed E-state index contributed by atoms with van der Waals surface area (Å²) in [6.45, 7) is 1.73. The molecule has 8 heteroatoms. The molecule has 2 unspecified atom stereocenters. The normalized spacial score (nSPS) is 19.5. The molecule has 3 aromatic rings. The van der Waals surface area contributed by atoms with Crippen molar-refractivity contribution in [3.8, 4) is 0 Å². The van der Waals surface area contributed by atoms with E-state index in [2.05, 4.69) is 10.4 Å². The highest BCUT2D eigenvalue weighted by Gasteiger charge is 2.49. The summed E-state index contributed by atoms with van der Waals surface area (Å²) in [4.78, 5) is 29.4. The molecule has 0 bridgehead atoms. The van der Waals surface area contributed by atoms with Gasteiger partial charge in [-0.15, -0.1) is 11.6 Å². The Labute approximate surface area is 159 Å². The van der Waals surface area contributed by atoms with E-state index in [-0.39, 0.29) is 5.91 Å². The maximum absolute atomic E-state index is 12.8. The number of alkyl halides is 1. The number of aromatic nitrogens is 2. The van der Waals surface area contributed by atoms with Crippen LogP contribution in [0.3, 0.4) is 0 Å². The molecule has 1 aliphatic rings. The molecule has 4 rings (SSSR count).